The third-order valence-electron chi connectivity index (χ3n) is 4.99. The van der Waals surface area contributed by atoms with Gasteiger partial charge in [-0.05, 0) is 67.7 Å². The SMILES string of the molecule is Cc1ccc(N2C(=O)C(C=Nc3ccc(Sc4ccc([N+](=O)[O-])cc4)cc3)C(=O)NC2=S)cc1. The molecule has 0 radical (unpaired) electrons. The zero-order valence-corrected chi connectivity index (χ0v) is 19.5. The molecular weight excluding hydrogens is 472 g/mol. The van der Waals surface area contributed by atoms with Crippen molar-refractivity contribution < 1.29 is 14.5 Å². The van der Waals surface area contributed by atoms with Crippen LogP contribution in [0.5, 0.6) is 0 Å². The summed E-state index contributed by atoms with van der Waals surface area (Å²) in [6, 6.07) is 20.8. The van der Waals surface area contributed by atoms with E-state index >= 15 is 0 Å². The Morgan fingerprint density at radius 1 is 1.00 bits per heavy atom. The predicted octanol–water partition coefficient (Wildman–Crippen LogP) is 4.82. The van der Waals surface area contributed by atoms with Crippen molar-refractivity contribution in [3.63, 3.8) is 0 Å². The Labute approximate surface area is 204 Å². The largest absolute Gasteiger partial charge is 0.301 e. The number of hydrogen-bond acceptors (Lipinski definition) is 7. The number of hydrogen-bond donors (Lipinski definition) is 1. The maximum Gasteiger partial charge on any atom is 0.269 e. The molecule has 1 aliphatic heterocycles. The molecule has 1 saturated heterocycles. The topological polar surface area (TPSA) is 105 Å². The molecule has 0 spiro atoms. The van der Waals surface area contributed by atoms with Gasteiger partial charge in [0, 0.05) is 28.1 Å². The number of nitrogens with one attached hydrogen (secondary N) is 1. The summed E-state index contributed by atoms with van der Waals surface area (Å²) in [6.07, 6.45) is 1.32. The van der Waals surface area contributed by atoms with Gasteiger partial charge in [0.25, 0.3) is 11.6 Å². The molecule has 3 aromatic rings. The molecule has 1 heterocycles. The molecule has 1 N–H and O–H groups in total. The molecule has 170 valence electrons. The summed E-state index contributed by atoms with van der Waals surface area (Å²) in [7, 11) is 0. The average Bonchev–Trinajstić information content (AvgIpc) is 2.81. The van der Waals surface area contributed by atoms with Crippen LogP contribution in [0, 0.1) is 23.0 Å². The first-order valence-corrected chi connectivity index (χ1v) is 11.4. The quantitative estimate of drug-likeness (QED) is 0.175. The van der Waals surface area contributed by atoms with E-state index in [0.29, 0.717) is 11.4 Å². The lowest BCUT2D eigenvalue weighted by Gasteiger charge is -2.30. The zero-order valence-electron chi connectivity index (χ0n) is 17.9. The summed E-state index contributed by atoms with van der Waals surface area (Å²) >= 11 is 6.66. The lowest BCUT2D eigenvalue weighted by Crippen LogP contribution is -2.58. The molecule has 1 unspecified atom stereocenters. The number of anilines is 1. The Kier molecular flexibility index (Phi) is 6.80. The van der Waals surface area contributed by atoms with E-state index in [0.717, 1.165) is 15.4 Å². The number of carbonyl (C=O) groups excluding carboxylic acids is 2. The van der Waals surface area contributed by atoms with Gasteiger partial charge in [-0.15, -0.1) is 0 Å². The minimum Gasteiger partial charge on any atom is -0.301 e. The second-order valence-corrected chi connectivity index (χ2v) is 8.94. The molecule has 2 amide bonds. The molecule has 4 rings (SSSR count). The van der Waals surface area contributed by atoms with Crippen LogP contribution in [0.25, 0.3) is 0 Å². The van der Waals surface area contributed by atoms with Crippen molar-refractivity contribution in [2.24, 2.45) is 10.9 Å². The van der Waals surface area contributed by atoms with Gasteiger partial charge < -0.3 is 5.32 Å². The molecule has 0 saturated carbocycles. The number of aliphatic imine (C=N–C) groups is 1. The number of nitro groups is 1. The standard InChI is InChI=1S/C24H18N4O4S2/c1-15-2-6-17(7-3-15)27-23(30)21(22(29)26-24(27)33)14-25-16-4-10-19(11-5-16)34-20-12-8-18(9-13-20)28(31)32/h2-14,21H,1H3,(H,26,29,33). The molecule has 8 nitrogen and oxygen atoms in total. The van der Waals surface area contributed by atoms with Crippen molar-refractivity contribution in [3.05, 3.63) is 88.5 Å². The lowest BCUT2D eigenvalue weighted by molar-refractivity contribution is -0.384. The van der Waals surface area contributed by atoms with Crippen LogP contribution in [0.3, 0.4) is 0 Å². The number of nitro benzene ring substituents is 1. The van der Waals surface area contributed by atoms with E-state index in [1.54, 1.807) is 36.4 Å². The van der Waals surface area contributed by atoms with Crippen LogP contribution in [0.15, 0.2) is 87.6 Å². The number of thiocarbonyl (C=S) groups is 1. The van der Waals surface area contributed by atoms with E-state index in [2.05, 4.69) is 10.3 Å². The number of carbonyl (C=O) groups is 2. The Hall–Kier alpha value is -3.89. The van der Waals surface area contributed by atoms with E-state index in [9.17, 15) is 19.7 Å². The average molecular weight is 491 g/mol. The van der Waals surface area contributed by atoms with Crippen molar-refractivity contribution in [2.75, 3.05) is 4.90 Å². The van der Waals surface area contributed by atoms with Crippen LogP contribution >= 0.6 is 24.0 Å². The number of nitrogens with zero attached hydrogens (tertiary/aromatic N) is 3. The maximum absolute atomic E-state index is 13.0. The first-order chi connectivity index (χ1) is 16.3. The fourth-order valence-electron chi connectivity index (χ4n) is 3.19. The lowest BCUT2D eigenvalue weighted by atomic mass is 10.1. The molecular formula is C24H18N4O4S2. The fourth-order valence-corrected chi connectivity index (χ4v) is 4.31. The van der Waals surface area contributed by atoms with Crippen LogP contribution in [0.1, 0.15) is 5.56 Å². The van der Waals surface area contributed by atoms with Gasteiger partial charge in [-0.2, -0.15) is 0 Å². The summed E-state index contributed by atoms with van der Waals surface area (Å²) < 4.78 is 0. The van der Waals surface area contributed by atoms with E-state index < -0.39 is 22.7 Å². The molecule has 1 fully saturated rings. The minimum absolute atomic E-state index is 0.0381. The van der Waals surface area contributed by atoms with Gasteiger partial charge in [0.05, 0.1) is 16.3 Å². The van der Waals surface area contributed by atoms with Gasteiger partial charge in [0.1, 0.15) is 0 Å². The first kappa shape index (κ1) is 23.3. The molecule has 0 aromatic heterocycles. The van der Waals surface area contributed by atoms with Gasteiger partial charge in [-0.3, -0.25) is 29.6 Å². The Morgan fingerprint density at radius 3 is 2.18 bits per heavy atom. The third-order valence-corrected chi connectivity index (χ3v) is 6.29. The second-order valence-electron chi connectivity index (χ2n) is 7.41. The molecule has 0 aliphatic carbocycles. The van der Waals surface area contributed by atoms with Crippen molar-refractivity contribution in [2.45, 2.75) is 16.7 Å². The normalized spacial score (nSPS) is 16.1. The highest BCUT2D eigenvalue weighted by atomic mass is 32.2. The van der Waals surface area contributed by atoms with Crippen LogP contribution in [-0.4, -0.2) is 28.1 Å². The number of aryl methyl sites for hydroxylation is 1. The van der Waals surface area contributed by atoms with Crippen molar-refractivity contribution in [1.82, 2.24) is 5.32 Å². The van der Waals surface area contributed by atoms with Crippen molar-refractivity contribution in [3.8, 4) is 0 Å². The Balaban J connectivity index is 1.46. The highest BCUT2D eigenvalue weighted by Gasteiger charge is 2.38. The summed E-state index contributed by atoms with van der Waals surface area (Å²) in [5.41, 5.74) is 2.23. The van der Waals surface area contributed by atoms with Gasteiger partial charge in [0.15, 0.2) is 11.0 Å². The molecule has 1 atom stereocenters. The fraction of sp³-hybridized carbons (Fsp3) is 0.0833. The highest BCUT2D eigenvalue weighted by molar-refractivity contribution is 7.99. The monoisotopic (exact) mass is 490 g/mol. The Morgan fingerprint density at radius 2 is 1.59 bits per heavy atom. The third kappa shape index (κ3) is 5.19. The number of non-ortho nitro benzene ring substituents is 1. The summed E-state index contributed by atoms with van der Waals surface area (Å²) in [5, 5.41) is 13.4. The van der Waals surface area contributed by atoms with Gasteiger partial charge in [-0.1, -0.05) is 29.5 Å². The highest BCUT2D eigenvalue weighted by Crippen LogP contribution is 2.30. The summed E-state index contributed by atoms with van der Waals surface area (Å²) in [6.45, 7) is 1.94. The zero-order chi connectivity index (χ0) is 24.2. The molecule has 0 bridgehead atoms. The minimum atomic E-state index is -1.11. The van der Waals surface area contributed by atoms with Crippen LogP contribution in [-0.2, 0) is 9.59 Å². The number of rotatable bonds is 6. The Bertz CT molecular complexity index is 1290. The van der Waals surface area contributed by atoms with Gasteiger partial charge in [0.2, 0.25) is 5.91 Å². The predicted molar refractivity (Wildman–Crippen MR) is 135 cm³/mol. The van der Waals surface area contributed by atoms with Crippen molar-refractivity contribution in [1.29, 1.82) is 0 Å². The molecule has 3 aromatic carbocycles. The maximum atomic E-state index is 13.0. The smallest absolute Gasteiger partial charge is 0.269 e. The van der Waals surface area contributed by atoms with E-state index in [1.165, 1.54) is 35.0 Å². The van der Waals surface area contributed by atoms with Crippen molar-refractivity contribution >= 4 is 64.2 Å². The van der Waals surface area contributed by atoms with E-state index in [4.69, 9.17) is 12.2 Å². The number of benzene rings is 3. The number of amides is 2. The first-order valence-electron chi connectivity index (χ1n) is 10.1. The second kappa shape index (κ2) is 9.94. The van der Waals surface area contributed by atoms with Gasteiger partial charge >= 0.3 is 0 Å². The molecule has 34 heavy (non-hydrogen) atoms. The molecule has 1 aliphatic rings. The van der Waals surface area contributed by atoms with E-state index in [1.807, 2.05) is 31.2 Å². The van der Waals surface area contributed by atoms with Gasteiger partial charge in [-0.25, -0.2) is 0 Å². The van der Waals surface area contributed by atoms with E-state index in [-0.39, 0.29) is 10.8 Å². The van der Waals surface area contributed by atoms with Crippen LogP contribution < -0.4 is 10.2 Å². The molecule has 10 heteroatoms. The van der Waals surface area contributed by atoms with Crippen LogP contribution in [0.2, 0.25) is 0 Å². The summed E-state index contributed by atoms with van der Waals surface area (Å²) in [5.74, 6) is -2.10. The van der Waals surface area contributed by atoms with Crippen LogP contribution in [0.4, 0.5) is 17.1 Å². The summed E-state index contributed by atoms with van der Waals surface area (Å²) in [4.78, 5) is 43.2.